The molecule has 0 fully saturated rings. The fourth-order valence-corrected chi connectivity index (χ4v) is 1.95. The van der Waals surface area contributed by atoms with Gasteiger partial charge in [0.1, 0.15) is 5.75 Å². The summed E-state index contributed by atoms with van der Waals surface area (Å²) in [5, 5.41) is 19.4. The summed E-state index contributed by atoms with van der Waals surface area (Å²) in [4.78, 5) is 21.6. The minimum absolute atomic E-state index is 0.334. The summed E-state index contributed by atoms with van der Waals surface area (Å²) >= 11 is 0. The molecule has 0 saturated heterocycles. The second-order valence-corrected chi connectivity index (χ2v) is 4.47. The maximum absolute atomic E-state index is 10.9. The molecule has 1 atom stereocenters. The zero-order valence-corrected chi connectivity index (χ0v) is 11.3. The third-order valence-electron chi connectivity index (χ3n) is 2.97. The third kappa shape index (κ3) is 3.39. The van der Waals surface area contributed by atoms with E-state index in [0.29, 0.717) is 11.3 Å². The minimum atomic E-state index is -1.09. The Morgan fingerprint density at radius 1 is 1.14 bits per heavy atom. The van der Waals surface area contributed by atoms with Gasteiger partial charge in [-0.1, -0.05) is 30.3 Å². The van der Waals surface area contributed by atoms with Crippen molar-refractivity contribution in [1.82, 2.24) is 0 Å². The molecule has 0 bridgehead atoms. The molecule has 0 radical (unpaired) electrons. The molecule has 108 valence electrons. The Labute approximate surface area is 121 Å². The highest BCUT2D eigenvalue weighted by Crippen LogP contribution is 2.30. The van der Waals surface area contributed by atoms with Gasteiger partial charge in [-0.25, -0.2) is 9.59 Å². The van der Waals surface area contributed by atoms with Crippen LogP contribution in [0.4, 0.5) is 0 Å². The second-order valence-electron chi connectivity index (χ2n) is 4.47. The number of carbonyl (C=O) groups is 2. The molecule has 2 aromatic rings. The van der Waals surface area contributed by atoms with E-state index in [2.05, 4.69) is 0 Å². The highest BCUT2D eigenvalue weighted by atomic mass is 16.5. The van der Waals surface area contributed by atoms with E-state index in [-0.39, 0.29) is 0 Å². The van der Waals surface area contributed by atoms with Gasteiger partial charge >= 0.3 is 11.9 Å². The normalized spacial score (nSPS) is 12.4. The van der Waals surface area contributed by atoms with Gasteiger partial charge in [0.2, 0.25) is 0 Å². The number of carboxylic acids is 2. The Bertz CT molecular complexity index is 718. The molecule has 5 nitrogen and oxygen atoms in total. The van der Waals surface area contributed by atoms with Gasteiger partial charge in [-0.15, -0.1) is 0 Å². The smallest absolute Gasteiger partial charge is 0.344 e. The van der Waals surface area contributed by atoms with Crippen LogP contribution in [0.25, 0.3) is 16.8 Å². The van der Waals surface area contributed by atoms with Gasteiger partial charge in [-0.05, 0) is 29.8 Å². The van der Waals surface area contributed by atoms with Crippen LogP contribution in [-0.4, -0.2) is 28.3 Å². The van der Waals surface area contributed by atoms with Gasteiger partial charge in [0, 0.05) is 11.6 Å². The molecule has 0 aliphatic heterocycles. The lowest BCUT2D eigenvalue weighted by Gasteiger charge is -2.14. The van der Waals surface area contributed by atoms with E-state index in [9.17, 15) is 9.59 Å². The highest BCUT2D eigenvalue weighted by Gasteiger charge is 2.15. The summed E-state index contributed by atoms with van der Waals surface area (Å²) in [5.74, 6) is -1.84. The van der Waals surface area contributed by atoms with Crippen molar-refractivity contribution >= 4 is 28.8 Å². The summed E-state index contributed by atoms with van der Waals surface area (Å²) < 4.78 is 5.40. The molecule has 1 unspecified atom stereocenters. The summed E-state index contributed by atoms with van der Waals surface area (Å²) in [6, 6.07) is 10.9. The zero-order valence-electron chi connectivity index (χ0n) is 11.3. The predicted octanol–water partition coefficient (Wildman–Crippen LogP) is 2.79. The molecule has 2 aromatic carbocycles. The lowest BCUT2D eigenvalue weighted by atomic mass is 10.0. The van der Waals surface area contributed by atoms with E-state index >= 15 is 0 Å². The van der Waals surface area contributed by atoms with Crippen molar-refractivity contribution in [3.63, 3.8) is 0 Å². The largest absolute Gasteiger partial charge is 0.479 e. The Morgan fingerprint density at radius 2 is 1.86 bits per heavy atom. The number of ether oxygens (including phenoxy) is 1. The monoisotopic (exact) mass is 286 g/mol. The molecule has 2 rings (SSSR count). The van der Waals surface area contributed by atoms with E-state index in [4.69, 9.17) is 14.9 Å². The molecular weight excluding hydrogens is 272 g/mol. The first kappa shape index (κ1) is 14.6. The van der Waals surface area contributed by atoms with Crippen LogP contribution >= 0.6 is 0 Å². The van der Waals surface area contributed by atoms with Gasteiger partial charge in [0.05, 0.1) is 0 Å². The van der Waals surface area contributed by atoms with Crippen molar-refractivity contribution in [1.29, 1.82) is 0 Å². The Balaban J connectivity index is 2.55. The van der Waals surface area contributed by atoms with Crippen molar-refractivity contribution in [2.24, 2.45) is 0 Å². The molecule has 0 aliphatic rings. The molecule has 0 amide bonds. The molecule has 0 heterocycles. The lowest BCUT2D eigenvalue weighted by molar-refractivity contribution is -0.144. The molecule has 0 aliphatic carbocycles. The summed E-state index contributed by atoms with van der Waals surface area (Å²) in [5.41, 5.74) is 0.545. The van der Waals surface area contributed by atoms with E-state index in [1.165, 1.54) is 13.0 Å². The van der Waals surface area contributed by atoms with Gasteiger partial charge in [-0.3, -0.25) is 0 Å². The number of aliphatic carboxylic acids is 2. The first-order valence-corrected chi connectivity index (χ1v) is 6.31. The Morgan fingerprint density at radius 3 is 2.52 bits per heavy atom. The lowest BCUT2D eigenvalue weighted by Crippen LogP contribution is -2.23. The average Bonchev–Trinajstić information content (AvgIpc) is 2.45. The maximum Gasteiger partial charge on any atom is 0.344 e. The first-order valence-electron chi connectivity index (χ1n) is 6.31. The molecular formula is C16H14O5. The van der Waals surface area contributed by atoms with Gasteiger partial charge < -0.3 is 14.9 Å². The molecule has 0 saturated carbocycles. The number of fused-ring (bicyclic) bond motifs is 1. The minimum Gasteiger partial charge on any atom is -0.479 e. The van der Waals surface area contributed by atoms with Crippen LogP contribution in [0.3, 0.4) is 0 Å². The van der Waals surface area contributed by atoms with E-state index in [1.54, 1.807) is 12.1 Å². The summed E-state index contributed by atoms with van der Waals surface area (Å²) in [7, 11) is 0. The molecule has 0 spiro atoms. The quantitative estimate of drug-likeness (QED) is 0.826. The van der Waals surface area contributed by atoms with E-state index in [0.717, 1.165) is 16.8 Å². The number of carboxylic acid groups (broad SMARTS) is 2. The summed E-state index contributed by atoms with van der Waals surface area (Å²) in [6.45, 7) is 1.42. The van der Waals surface area contributed by atoms with Crippen molar-refractivity contribution in [2.45, 2.75) is 13.0 Å². The van der Waals surface area contributed by atoms with Crippen LogP contribution < -0.4 is 4.74 Å². The van der Waals surface area contributed by atoms with Gasteiger partial charge in [-0.2, -0.15) is 0 Å². The fourth-order valence-electron chi connectivity index (χ4n) is 1.95. The van der Waals surface area contributed by atoms with Crippen LogP contribution in [-0.2, 0) is 9.59 Å². The Hall–Kier alpha value is -2.82. The molecule has 21 heavy (non-hydrogen) atoms. The number of benzene rings is 2. The van der Waals surface area contributed by atoms with Crippen LogP contribution in [0.5, 0.6) is 5.75 Å². The van der Waals surface area contributed by atoms with E-state index in [1.807, 2.05) is 24.3 Å². The predicted molar refractivity (Wildman–Crippen MR) is 78.3 cm³/mol. The number of hydrogen-bond donors (Lipinski definition) is 2. The fraction of sp³-hybridized carbons (Fsp3) is 0.125. The zero-order chi connectivity index (χ0) is 15.4. The summed E-state index contributed by atoms with van der Waals surface area (Å²) in [6.07, 6.45) is 1.39. The number of hydrogen-bond acceptors (Lipinski definition) is 3. The Kier molecular flexibility index (Phi) is 4.23. The van der Waals surface area contributed by atoms with Crippen LogP contribution in [0.1, 0.15) is 12.5 Å². The third-order valence-corrected chi connectivity index (χ3v) is 2.97. The van der Waals surface area contributed by atoms with Crippen LogP contribution in [0.15, 0.2) is 42.5 Å². The van der Waals surface area contributed by atoms with Crippen LogP contribution in [0.2, 0.25) is 0 Å². The SMILES string of the molecule is CC(Oc1ccc2ccccc2c1C=CC(=O)O)C(=O)O. The van der Waals surface area contributed by atoms with Crippen LogP contribution in [0, 0.1) is 0 Å². The topological polar surface area (TPSA) is 83.8 Å². The first-order chi connectivity index (χ1) is 9.99. The molecule has 0 aromatic heterocycles. The van der Waals surface area contributed by atoms with Crippen molar-refractivity contribution < 1.29 is 24.5 Å². The maximum atomic E-state index is 10.9. The molecule has 2 N–H and O–H groups in total. The molecule has 5 heteroatoms. The van der Waals surface area contributed by atoms with Gasteiger partial charge in [0.15, 0.2) is 6.10 Å². The van der Waals surface area contributed by atoms with E-state index < -0.39 is 18.0 Å². The van der Waals surface area contributed by atoms with Crippen molar-refractivity contribution in [2.75, 3.05) is 0 Å². The highest BCUT2D eigenvalue weighted by molar-refractivity contribution is 5.96. The standard InChI is InChI=1S/C16H14O5/c1-10(16(19)20)21-14-8-6-11-4-2-3-5-12(11)13(14)7-9-15(17)18/h2-10H,1H3,(H,17,18)(H,19,20). The second kappa shape index (κ2) is 6.09. The van der Waals surface area contributed by atoms with Crippen molar-refractivity contribution in [3.8, 4) is 5.75 Å². The number of rotatable bonds is 5. The van der Waals surface area contributed by atoms with Crippen molar-refractivity contribution in [3.05, 3.63) is 48.0 Å². The van der Waals surface area contributed by atoms with Gasteiger partial charge in [0.25, 0.3) is 0 Å². The average molecular weight is 286 g/mol.